The molecule has 4 N–H and O–H groups in total. The Morgan fingerprint density at radius 3 is 2.15 bits per heavy atom. The van der Waals surface area contributed by atoms with Gasteiger partial charge < -0.3 is 25.4 Å². The van der Waals surface area contributed by atoms with Crippen molar-refractivity contribution in [3.63, 3.8) is 0 Å². The summed E-state index contributed by atoms with van der Waals surface area (Å²) >= 11 is 0. The van der Waals surface area contributed by atoms with E-state index in [1.807, 2.05) is 0 Å². The number of aromatic hydroxyl groups is 2. The number of likely N-dealkylation sites (tertiary alicyclic amines) is 1. The van der Waals surface area contributed by atoms with E-state index in [1.54, 1.807) is 19.1 Å². The molecule has 9 nitrogen and oxygen atoms in total. The van der Waals surface area contributed by atoms with E-state index in [9.17, 15) is 29.4 Å². The van der Waals surface area contributed by atoms with Crippen LogP contribution in [0.25, 0.3) is 10.8 Å². The van der Waals surface area contributed by atoms with E-state index in [2.05, 4.69) is 0 Å². The van der Waals surface area contributed by atoms with Crippen LogP contribution in [0, 0.1) is 6.92 Å². The number of Topliss-reactive ketones (excluding diaryl/α,β-unsaturated/α-hetero) is 1. The Morgan fingerprint density at radius 2 is 1.62 bits per heavy atom. The summed E-state index contributed by atoms with van der Waals surface area (Å²) in [4.78, 5) is 54.6. The highest BCUT2D eigenvalue weighted by atomic mass is 16.3. The van der Waals surface area contributed by atoms with Crippen LogP contribution in [0.3, 0.4) is 0 Å². The average Bonchev–Trinajstić information content (AvgIpc) is 3.35. The van der Waals surface area contributed by atoms with Gasteiger partial charge in [0.2, 0.25) is 11.6 Å². The predicted molar refractivity (Wildman–Crippen MR) is 122 cm³/mol. The van der Waals surface area contributed by atoms with Crippen molar-refractivity contribution in [1.29, 1.82) is 0 Å². The number of benzene rings is 2. The largest absolute Gasteiger partial charge is 0.506 e. The summed E-state index contributed by atoms with van der Waals surface area (Å²) in [7, 11) is 0. The van der Waals surface area contributed by atoms with Crippen LogP contribution >= 0.6 is 0 Å². The first-order valence-corrected chi connectivity index (χ1v) is 11.0. The summed E-state index contributed by atoms with van der Waals surface area (Å²) in [6, 6.07) is 6.14. The molecule has 34 heavy (non-hydrogen) atoms. The lowest BCUT2D eigenvalue weighted by molar-refractivity contribution is -0.117. The smallest absolute Gasteiger partial charge is 0.256 e. The van der Waals surface area contributed by atoms with Gasteiger partial charge in [0, 0.05) is 35.6 Å². The summed E-state index contributed by atoms with van der Waals surface area (Å²) < 4.78 is 1.36. The molecule has 2 aliphatic rings. The molecule has 3 aromatic rings. The molecule has 1 saturated heterocycles. The zero-order valence-electron chi connectivity index (χ0n) is 18.7. The first-order chi connectivity index (χ1) is 16.1. The maximum Gasteiger partial charge on any atom is 0.256 e. The monoisotopic (exact) mass is 461 g/mol. The molecule has 1 aliphatic heterocycles. The minimum atomic E-state index is -0.750. The van der Waals surface area contributed by atoms with Crippen LogP contribution in [0.1, 0.15) is 61.4 Å². The predicted octanol–water partition coefficient (Wildman–Crippen LogP) is 1.90. The quantitative estimate of drug-likeness (QED) is 0.395. The second kappa shape index (κ2) is 7.53. The number of carbonyl (C=O) groups excluding carboxylic acids is 4. The van der Waals surface area contributed by atoms with Crippen LogP contribution in [0.2, 0.25) is 0 Å². The third-order valence-corrected chi connectivity index (χ3v) is 6.69. The highest BCUT2D eigenvalue weighted by molar-refractivity contribution is 6.34. The summed E-state index contributed by atoms with van der Waals surface area (Å²) in [6.07, 6.45) is 0.609. The van der Waals surface area contributed by atoms with E-state index in [1.165, 1.54) is 28.5 Å². The number of phenols is 2. The molecule has 0 unspecified atom stereocenters. The third kappa shape index (κ3) is 2.90. The van der Waals surface area contributed by atoms with Crippen LogP contribution in [0.4, 0.5) is 0 Å². The molecule has 5 rings (SSSR count). The minimum absolute atomic E-state index is 0.0152. The standard InChI is InChI=1S/C25H23N3O6/c1-11(29)9-28-12(2)16(25(34)27-8-7-13(26)10-27)17-20(28)24(33)19-18(23(17)32)21(30)14-5-3-4-6-15(14)22(19)31/h3-6,13,30-31H,7-10,26H2,1-2H3/t13-/m0/s1. The van der Waals surface area contributed by atoms with E-state index < -0.39 is 29.0 Å². The number of carbonyl (C=O) groups is 4. The molecule has 0 bridgehead atoms. The van der Waals surface area contributed by atoms with Crippen molar-refractivity contribution in [1.82, 2.24) is 9.47 Å². The van der Waals surface area contributed by atoms with Crippen molar-refractivity contribution in [2.75, 3.05) is 13.1 Å². The number of nitrogens with two attached hydrogens (primary N) is 1. The van der Waals surface area contributed by atoms with E-state index in [0.717, 1.165) is 0 Å². The Labute approximate surface area is 194 Å². The molecule has 9 heteroatoms. The average molecular weight is 461 g/mol. The van der Waals surface area contributed by atoms with Crippen LogP contribution in [-0.2, 0) is 11.3 Å². The molecule has 1 aromatic heterocycles. The van der Waals surface area contributed by atoms with Gasteiger partial charge in [0.1, 0.15) is 23.0 Å². The lowest BCUT2D eigenvalue weighted by Crippen LogP contribution is -2.33. The molecule has 1 atom stereocenters. The van der Waals surface area contributed by atoms with E-state index in [0.29, 0.717) is 25.2 Å². The zero-order chi connectivity index (χ0) is 24.5. The van der Waals surface area contributed by atoms with Crippen molar-refractivity contribution in [3.05, 3.63) is 57.9 Å². The molecule has 0 spiro atoms. The number of amides is 1. The Bertz CT molecular complexity index is 1450. The molecule has 2 heterocycles. The number of hydrogen-bond donors (Lipinski definition) is 3. The highest BCUT2D eigenvalue weighted by Gasteiger charge is 2.44. The van der Waals surface area contributed by atoms with Crippen molar-refractivity contribution in [3.8, 4) is 11.5 Å². The summed E-state index contributed by atoms with van der Waals surface area (Å²) in [5.41, 5.74) is 5.30. The number of fused-ring (bicyclic) bond motifs is 3. The number of rotatable bonds is 3. The topological polar surface area (TPSA) is 143 Å². The molecule has 1 amide bonds. The summed E-state index contributed by atoms with van der Waals surface area (Å²) in [5, 5.41) is 22.3. The molecule has 0 saturated carbocycles. The second-order valence-electron chi connectivity index (χ2n) is 8.92. The van der Waals surface area contributed by atoms with Crippen LogP contribution < -0.4 is 5.73 Å². The lowest BCUT2D eigenvalue weighted by atomic mass is 9.82. The Morgan fingerprint density at radius 1 is 1.03 bits per heavy atom. The van der Waals surface area contributed by atoms with Crippen molar-refractivity contribution in [2.45, 2.75) is 32.9 Å². The number of aromatic nitrogens is 1. The van der Waals surface area contributed by atoms with Gasteiger partial charge in [0.15, 0.2) is 0 Å². The van der Waals surface area contributed by atoms with Gasteiger partial charge in [-0.05, 0) is 20.3 Å². The van der Waals surface area contributed by atoms with Gasteiger partial charge in [-0.2, -0.15) is 0 Å². The van der Waals surface area contributed by atoms with Crippen LogP contribution in [-0.4, -0.2) is 62.1 Å². The fourth-order valence-corrected chi connectivity index (χ4v) is 5.09. The number of phenolic OH excluding ortho intramolecular Hbond substituents is 2. The highest BCUT2D eigenvalue weighted by Crippen LogP contribution is 2.45. The van der Waals surface area contributed by atoms with Crippen molar-refractivity contribution >= 4 is 34.0 Å². The number of nitrogens with zero attached hydrogens (tertiary/aromatic N) is 2. The fourth-order valence-electron chi connectivity index (χ4n) is 5.09. The first-order valence-electron chi connectivity index (χ1n) is 11.0. The van der Waals surface area contributed by atoms with Gasteiger partial charge in [-0.1, -0.05) is 24.3 Å². The Kier molecular flexibility index (Phi) is 4.84. The van der Waals surface area contributed by atoms with E-state index in [-0.39, 0.29) is 57.1 Å². The SMILES string of the molecule is CC(=O)Cn1c(C)c(C(=O)N2CC[C@H](N)C2)c2c1C(=O)c1c(c(O)c3ccccc3c1O)C2=O. The molecule has 174 valence electrons. The van der Waals surface area contributed by atoms with Crippen LogP contribution in [0.15, 0.2) is 24.3 Å². The third-order valence-electron chi connectivity index (χ3n) is 6.69. The maximum atomic E-state index is 13.8. The molecular weight excluding hydrogens is 438 g/mol. The second-order valence-corrected chi connectivity index (χ2v) is 8.92. The molecule has 0 radical (unpaired) electrons. The molecule has 1 aliphatic carbocycles. The van der Waals surface area contributed by atoms with E-state index in [4.69, 9.17) is 5.73 Å². The summed E-state index contributed by atoms with van der Waals surface area (Å²) in [6.45, 7) is 3.40. The van der Waals surface area contributed by atoms with Crippen LogP contribution in [0.5, 0.6) is 11.5 Å². The zero-order valence-corrected chi connectivity index (χ0v) is 18.7. The van der Waals surface area contributed by atoms with Gasteiger partial charge >= 0.3 is 0 Å². The van der Waals surface area contributed by atoms with Gasteiger partial charge in [-0.15, -0.1) is 0 Å². The first kappa shape index (κ1) is 21.8. The Balaban J connectivity index is 1.82. The molecular formula is C25H23N3O6. The van der Waals surface area contributed by atoms with E-state index >= 15 is 0 Å². The number of hydrogen-bond acceptors (Lipinski definition) is 7. The van der Waals surface area contributed by atoms with Gasteiger partial charge in [0.05, 0.1) is 28.8 Å². The minimum Gasteiger partial charge on any atom is -0.506 e. The molecule has 1 fully saturated rings. The van der Waals surface area contributed by atoms with Crippen molar-refractivity contribution in [2.24, 2.45) is 5.73 Å². The summed E-state index contributed by atoms with van der Waals surface area (Å²) in [5.74, 6) is -3.09. The normalized spacial score (nSPS) is 17.3. The van der Waals surface area contributed by atoms with Gasteiger partial charge in [-0.25, -0.2) is 0 Å². The lowest BCUT2D eigenvalue weighted by Gasteiger charge is -2.21. The number of ketones is 3. The molecule has 2 aromatic carbocycles. The Hall–Kier alpha value is -3.98. The maximum absolute atomic E-state index is 13.8. The fraction of sp³-hybridized carbons (Fsp3) is 0.280. The van der Waals surface area contributed by atoms with Crippen molar-refractivity contribution < 1.29 is 29.4 Å². The van der Waals surface area contributed by atoms with Gasteiger partial charge in [-0.3, -0.25) is 19.2 Å². The van der Waals surface area contributed by atoms with Gasteiger partial charge in [0.25, 0.3) is 5.91 Å².